The Kier molecular flexibility index (Phi) is 6.36. The largest absolute Gasteiger partial charge is 0.240 e. The zero-order valence-corrected chi connectivity index (χ0v) is 12.5. The van der Waals surface area contributed by atoms with E-state index in [1.54, 1.807) is 24.3 Å². The van der Waals surface area contributed by atoms with Gasteiger partial charge < -0.3 is 0 Å². The predicted octanol–water partition coefficient (Wildman–Crippen LogP) is 2.55. The molecule has 0 saturated heterocycles. The minimum absolute atomic E-state index is 0.225. The smallest absolute Gasteiger partial charge is 0.207 e. The van der Waals surface area contributed by atoms with E-state index < -0.39 is 10.0 Å². The third-order valence-corrected chi connectivity index (χ3v) is 4.52. The van der Waals surface area contributed by atoms with Crippen molar-refractivity contribution in [2.45, 2.75) is 37.1 Å². The number of alkyl halides is 1. The summed E-state index contributed by atoms with van der Waals surface area (Å²) in [4.78, 5) is 0.251. The van der Waals surface area contributed by atoms with Crippen LogP contribution in [-0.4, -0.2) is 20.3 Å². The van der Waals surface area contributed by atoms with Crippen molar-refractivity contribution < 1.29 is 8.42 Å². The summed E-state index contributed by atoms with van der Waals surface area (Å²) in [5.41, 5.74) is 1.02. The van der Waals surface area contributed by atoms with E-state index in [-0.39, 0.29) is 10.9 Å². The second-order valence-corrected chi connectivity index (χ2v) is 6.31. The van der Waals surface area contributed by atoms with Crippen LogP contribution in [-0.2, 0) is 16.4 Å². The lowest BCUT2D eigenvalue weighted by Gasteiger charge is -2.14. The lowest BCUT2D eigenvalue weighted by atomic mass is 10.2. The summed E-state index contributed by atoms with van der Waals surface area (Å²) < 4.78 is 26.9. The van der Waals surface area contributed by atoms with Crippen LogP contribution in [0.15, 0.2) is 29.2 Å². The Bertz CT molecular complexity index is 532. The summed E-state index contributed by atoms with van der Waals surface area (Å²) in [6.07, 6.45) is 6.99. The molecule has 1 unspecified atom stereocenters. The van der Waals surface area contributed by atoms with Gasteiger partial charge in [-0.1, -0.05) is 19.1 Å². The number of hydrogen-bond donors (Lipinski definition) is 1. The molecule has 5 heteroatoms. The van der Waals surface area contributed by atoms with Gasteiger partial charge in [-0.2, -0.15) is 0 Å². The second kappa shape index (κ2) is 7.54. The van der Waals surface area contributed by atoms with E-state index in [9.17, 15) is 8.42 Å². The minimum Gasteiger partial charge on any atom is -0.207 e. The standard InChI is InChI=1S/C14H18ClNO2S/c1-3-5-13(4-2)16-19(17,18)14-8-6-12(7-9-14)10-11-15/h1,6-9,13,16H,4-5,10-11H2,2H3. The molecule has 0 aliphatic rings. The fraction of sp³-hybridized carbons (Fsp3) is 0.429. The van der Waals surface area contributed by atoms with Gasteiger partial charge in [0.05, 0.1) is 4.90 Å². The number of nitrogens with one attached hydrogen (secondary N) is 1. The molecule has 0 aliphatic heterocycles. The molecular weight excluding hydrogens is 282 g/mol. The highest BCUT2D eigenvalue weighted by Gasteiger charge is 2.18. The molecule has 0 amide bonds. The summed E-state index contributed by atoms with van der Waals surface area (Å²) in [5.74, 6) is 3.00. The maximum absolute atomic E-state index is 12.1. The molecule has 1 atom stereocenters. The first-order valence-corrected chi connectivity index (χ1v) is 8.16. The van der Waals surface area contributed by atoms with E-state index in [1.165, 1.54) is 0 Å². The monoisotopic (exact) mass is 299 g/mol. The normalized spacial score (nSPS) is 12.9. The van der Waals surface area contributed by atoms with E-state index in [4.69, 9.17) is 18.0 Å². The molecule has 0 fully saturated rings. The van der Waals surface area contributed by atoms with E-state index in [2.05, 4.69) is 10.6 Å². The van der Waals surface area contributed by atoms with Crippen molar-refractivity contribution in [1.29, 1.82) is 0 Å². The van der Waals surface area contributed by atoms with E-state index >= 15 is 0 Å². The Morgan fingerprint density at radius 2 is 2.00 bits per heavy atom. The van der Waals surface area contributed by atoms with Crippen LogP contribution in [0.5, 0.6) is 0 Å². The molecule has 0 aliphatic carbocycles. The Labute approximate surface area is 120 Å². The summed E-state index contributed by atoms with van der Waals surface area (Å²) in [6.45, 7) is 1.90. The number of aryl methyl sites for hydroxylation is 1. The van der Waals surface area contributed by atoms with Crippen LogP contribution in [0.3, 0.4) is 0 Å². The van der Waals surface area contributed by atoms with Gasteiger partial charge in [0.2, 0.25) is 10.0 Å². The van der Waals surface area contributed by atoms with Gasteiger partial charge in [-0.05, 0) is 30.5 Å². The van der Waals surface area contributed by atoms with E-state index in [0.717, 1.165) is 12.0 Å². The van der Waals surface area contributed by atoms with Crippen molar-refractivity contribution >= 4 is 21.6 Å². The maximum Gasteiger partial charge on any atom is 0.240 e. The molecule has 0 saturated carbocycles. The van der Waals surface area contributed by atoms with Gasteiger partial charge in [0.15, 0.2) is 0 Å². The predicted molar refractivity (Wildman–Crippen MR) is 78.7 cm³/mol. The van der Waals surface area contributed by atoms with Crippen molar-refractivity contribution in [2.24, 2.45) is 0 Å². The fourth-order valence-electron chi connectivity index (χ4n) is 1.64. The number of hydrogen-bond acceptors (Lipinski definition) is 2. The zero-order valence-electron chi connectivity index (χ0n) is 10.9. The first-order valence-electron chi connectivity index (χ1n) is 6.14. The van der Waals surface area contributed by atoms with Gasteiger partial charge in [-0.15, -0.1) is 23.9 Å². The molecule has 19 heavy (non-hydrogen) atoms. The molecule has 1 aromatic rings. The van der Waals surface area contributed by atoms with Crippen molar-refractivity contribution in [1.82, 2.24) is 4.72 Å². The van der Waals surface area contributed by atoms with Crippen LogP contribution in [0.2, 0.25) is 0 Å². The molecule has 0 spiro atoms. The van der Waals surface area contributed by atoms with Crippen molar-refractivity contribution in [3.8, 4) is 12.3 Å². The van der Waals surface area contributed by atoms with Gasteiger partial charge in [-0.3, -0.25) is 0 Å². The first-order chi connectivity index (χ1) is 9.03. The van der Waals surface area contributed by atoms with Crippen LogP contribution in [0.25, 0.3) is 0 Å². The Morgan fingerprint density at radius 3 is 2.47 bits per heavy atom. The molecule has 0 aromatic heterocycles. The molecule has 1 aromatic carbocycles. The average molecular weight is 300 g/mol. The molecular formula is C14H18ClNO2S. The SMILES string of the molecule is C#CCC(CC)NS(=O)(=O)c1ccc(CCCl)cc1. The van der Waals surface area contributed by atoms with Crippen LogP contribution < -0.4 is 4.72 Å². The molecule has 104 valence electrons. The summed E-state index contributed by atoms with van der Waals surface area (Å²) in [5, 5.41) is 0. The molecule has 0 bridgehead atoms. The van der Waals surface area contributed by atoms with E-state index in [1.807, 2.05) is 6.92 Å². The molecule has 3 nitrogen and oxygen atoms in total. The number of rotatable bonds is 7. The Balaban J connectivity index is 2.85. The van der Waals surface area contributed by atoms with Crippen LogP contribution >= 0.6 is 11.6 Å². The molecule has 1 N–H and O–H groups in total. The maximum atomic E-state index is 12.1. The number of sulfonamides is 1. The van der Waals surface area contributed by atoms with Crippen molar-refractivity contribution in [2.75, 3.05) is 5.88 Å². The van der Waals surface area contributed by atoms with Crippen molar-refractivity contribution in [3.63, 3.8) is 0 Å². The van der Waals surface area contributed by atoms with Crippen LogP contribution in [0.1, 0.15) is 25.3 Å². The van der Waals surface area contributed by atoms with Gasteiger partial charge in [0.25, 0.3) is 0 Å². The Hall–Kier alpha value is -1.02. The van der Waals surface area contributed by atoms with E-state index in [0.29, 0.717) is 18.7 Å². The summed E-state index contributed by atoms with van der Waals surface area (Å²) >= 11 is 5.64. The summed E-state index contributed by atoms with van der Waals surface area (Å²) in [7, 11) is -3.50. The van der Waals surface area contributed by atoms with Gasteiger partial charge in [0.1, 0.15) is 0 Å². The highest BCUT2D eigenvalue weighted by atomic mass is 35.5. The highest BCUT2D eigenvalue weighted by Crippen LogP contribution is 2.13. The van der Waals surface area contributed by atoms with Gasteiger partial charge in [-0.25, -0.2) is 13.1 Å². The first kappa shape index (κ1) is 16.0. The summed E-state index contributed by atoms with van der Waals surface area (Å²) in [6, 6.07) is 6.51. The minimum atomic E-state index is -3.50. The zero-order chi connectivity index (χ0) is 14.3. The quantitative estimate of drug-likeness (QED) is 0.621. The number of halogens is 1. The lowest BCUT2D eigenvalue weighted by molar-refractivity contribution is 0.544. The Morgan fingerprint density at radius 1 is 1.37 bits per heavy atom. The number of benzene rings is 1. The topological polar surface area (TPSA) is 46.2 Å². The third-order valence-electron chi connectivity index (χ3n) is 2.80. The highest BCUT2D eigenvalue weighted by molar-refractivity contribution is 7.89. The second-order valence-electron chi connectivity index (χ2n) is 4.22. The number of terminal acetylenes is 1. The van der Waals surface area contributed by atoms with Crippen molar-refractivity contribution in [3.05, 3.63) is 29.8 Å². The molecule has 1 rings (SSSR count). The molecule has 0 radical (unpaired) electrons. The third kappa shape index (κ3) is 4.87. The average Bonchev–Trinajstić information content (AvgIpc) is 2.39. The van der Waals surface area contributed by atoms with Gasteiger partial charge >= 0.3 is 0 Å². The van der Waals surface area contributed by atoms with Crippen LogP contribution in [0, 0.1) is 12.3 Å². The lowest BCUT2D eigenvalue weighted by Crippen LogP contribution is -2.34. The van der Waals surface area contributed by atoms with Crippen LogP contribution in [0.4, 0.5) is 0 Å². The van der Waals surface area contributed by atoms with Gasteiger partial charge in [0, 0.05) is 18.3 Å². The fourth-order valence-corrected chi connectivity index (χ4v) is 3.18. The molecule has 0 heterocycles.